The molecule has 3 aliphatic rings. The summed E-state index contributed by atoms with van der Waals surface area (Å²) in [4.78, 5) is 20.7. The molecule has 2 aliphatic carbocycles. The molecule has 1 amide bonds. The minimum atomic E-state index is -1.59. The molecule has 1 saturated heterocycles. The Balaban J connectivity index is 1.03. The van der Waals surface area contributed by atoms with Crippen molar-refractivity contribution in [1.82, 2.24) is 9.88 Å². The van der Waals surface area contributed by atoms with Crippen molar-refractivity contribution in [2.75, 3.05) is 32.1 Å². The number of aryl methyl sites for hydroxylation is 1. The number of carbonyl (C=O) groups excluding carboxylic acids is 1. The first-order chi connectivity index (χ1) is 24.8. The van der Waals surface area contributed by atoms with E-state index in [2.05, 4.69) is 54.4 Å². The van der Waals surface area contributed by atoms with Gasteiger partial charge in [0.25, 0.3) is 0 Å². The van der Waals surface area contributed by atoms with E-state index >= 15 is 0 Å². The summed E-state index contributed by atoms with van der Waals surface area (Å²) < 4.78 is 18.5. The van der Waals surface area contributed by atoms with Crippen LogP contribution in [0.4, 0.5) is 0 Å². The number of aliphatic hydroxyl groups is 4. The summed E-state index contributed by atoms with van der Waals surface area (Å²) in [6.45, 7) is 3.63. The standard InChI is InChI=1S/C40H52N2O8S/c1-27-8-11-31(51-21-5-4-18-42(29-13-19-48-20-14-29)38(46)23-35(44)39(47)36(45)25-43)22-28(27)26-49-40(15-16-40)34-24-41-17-12-32(34)33-6-2-3-7-37(33)50-30-9-10-30/h2-3,6-8,11-12,17,22,24,29-30,35-36,39,43-45,47H,4-5,9-10,13-16,18-21,23,25-26H2,1H3. The van der Waals surface area contributed by atoms with Gasteiger partial charge in [-0.15, -0.1) is 11.8 Å². The van der Waals surface area contributed by atoms with Gasteiger partial charge in [-0.3, -0.25) is 9.78 Å². The van der Waals surface area contributed by atoms with Gasteiger partial charge in [0, 0.05) is 54.2 Å². The largest absolute Gasteiger partial charge is 0.490 e. The number of aliphatic hydroxyl groups excluding tert-OH is 4. The summed E-state index contributed by atoms with van der Waals surface area (Å²) in [7, 11) is 0. The normalized spacial score (nSPS) is 18.9. The monoisotopic (exact) mass is 720 g/mol. The summed E-state index contributed by atoms with van der Waals surface area (Å²) in [5.74, 6) is 1.53. The highest BCUT2D eigenvalue weighted by atomic mass is 32.2. The van der Waals surface area contributed by atoms with Crippen molar-refractivity contribution in [2.24, 2.45) is 0 Å². The highest BCUT2D eigenvalue weighted by Crippen LogP contribution is 2.53. The Morgan fingerprint density at radius 3 is 2.55 bits per heavy atom. The van der Waals surface area contributed by atoms with Crippen molar-refractivity contribution < 1.29 is 39.4 Å². The first-order valence-corrected chi connectivity index (χ1v) is 19.4. The lowest BCUT2D eigenvalue weighted by atomic mass is 9.96. The van der Waals surface area contributed by atoms with E-state index in [-0.39, 0.29) is 24.0 Å². The number of carbonyl (C=O) groups is 1. The number of thioether (sulfide) groups is 1. The second-order valence-corrected chi connectivity index (χ2v) is 15.3. The number of nitrogens with zero attached hydrogens (tertiary/aromatic N) is 2. The highest BCUT2D eigenvalue weighted by Gasteiger charge is 2.48. The zero-order chi connectivity index (χ0) is 35.8. The number of ether oxygens (including phenoxy) is 3. The van der Waals surface area contributed by atoms with Gasteiger partial charge in [-0.25, -0.2) is 0 Å². The minimum Gasteiger partial charge on any atom is -0.490 e. The van der Waals surface area contributed by atoms with Gasteiger partial charge in [0.05, 0.1) is 37.4 Å². The number of aromatic nitrogens is 1. The quantitative estimate of drug-likeness (QED) is 0.0971. The number of unbranched alkanes of at least 4 members (excludes halogenated alkanes) is 1. The van der Waals surface area contributed by atoms with E-state index in [0.717, 1.165) is 85.1 Å². The van der Waals surface area contributed by atoms with Crippen LogP contribution < -0.4 is 4.74 Å². The molecule has 0 spiro atoms. The third kappa shape index (κ3) is 9.90. The fourth-order valence-electron chi connectivity index (χ4n) is 6.73. The van der Waals surface area contributed by atoms with Crippen molar-refractivity contribution in [3.05, 3.63) is 77.6 Å². The van der Waals surface area contributed by atoms with Gasteiger partial charge in [0.1, 0.15) is 18.0 Å². The van der Waals surface area contributed by atoms with Crippen molar-refractivity contribution in [1.29, 1.82) is 0 Å². The Kier molecular flexibility index (Phi) is 13.1. The van der Waals surface area contributed by atoms with E-state index < -0.39 is 24.9 Å². The van der Waals surface area contributed by atoms with Crippen molar-refractivity contribution in [3.63, 3.8) is 0 Å². The number of hydrogen-bond donors (Lipinski definition) is 4. The molecule has 1 aliphatic heterocycles. The van der Waals surface area contributed by atoms with Crippen LogP contribution in [0.25, 0.3) is 11.1 Å². The van der Waals surface area contributed by atoms with Crippen molar-refractivity contribution >= 4 is 17.7 Å². The van der Waals surface area contributed by atoms with E-state index in [1.807, 2.05) is 18.5 Å². The summed E-state index contributed by atoms with van der Waals surface area (Å²) in [5, 5.41) is 39.2. The Hall–Kier alpha value is -3.03. The van der Waals surface area contributed by atoms with Crippen LogP contribution in [0.15, 0.2) is 65.8 Å². The molecular formula is C40H52N2O8S. The zero-order valence-corrected chi connectivity index (χ0v) is 30.3. The summed E-state index contributed by atoms with van der Waals surface area (Å²) in [5.41, 5.74) is 5.30. The fraction of sp³-hybridized carbons (Fsp3) is 0.550. The third-order valence-corrected chi connectivity index (χ3v) is 11.3. The van der Waals surface area contributed by atoms with Crippen LogP contribution in [0.1, 0.15) is 74.5 Å². The van der Waals surface area contributed by atoms with E-state index in [0.29, 0.717) is 32.5 Å². The average molecular weight is 721 g/mol. The highest BCUT2D eigenvalue weighted by molar-refractivity contribution is 7.99. The molecule has 3 fully saturated rings. The Labute approximate surface area is 305 Å². The maximum Gasteiger partial charge on any atom is 0.225 e. The van der Waals surface area contributed by atoms with E-state index in [1.54, 1.807) is 16.7 Å². The number of para-hydroxylation sites is 1. The molecule has 3 atom stereocenters. The van der Waals surface area contributed by atoms with Crippen LogP contribution in [0.2, 0.25) is 0 Å². The minimum absolute atomic E-state index is 0.00833. The fourth-order valence-corrected chi connectivity index (χ4v) is 7.70. The predicted octanol–water partition coefficient (Wildman–Crippen LogP) is 5.15. The molecule has 0 bridgehead atoms. The number of pyridine rings is 1. The maximum atomic E-state index is 13.2. The molecule has 0 radical (unpaired) electrons. The van der Waals surface area contributed by atoms with Gasteiger partial charge in [-0.2, -0.15) is 0 Å². The number of amides is 1. The second-order valence-electron chi connectivity index (χ2n) is 14.1. The van der Waals surface area contributed by atoms with Crippen molar-refractivity contribution in [3.8, 4) is 16.9 Å². The van der Waals surface area contributed by atoms with E-state index in [1.165, 1.54) is 10.5 Å². The molecule has 4 N–H and O–H groups in total. The molecule has 2 heterocycles. The van der Waals surface area contributed by atoms with Crippen LogP contribution in [0.5, 0.6) is 5.75 Å². The predicted molar refractivity (Wildman–Crippen MR) is 195 cm³/mol. The molecule has 11 heteroatoms. The second kappa shape index (κ2) is 17.7. The topological polar surface area (TPSA) is 142 Å². The van der Waals surface area contributed by atoms with Gasteiger partial charge in [-0.1, -0.05) is 24.3 Å². The molecule has 3 aromatic rings. The van der Waals surface area contributed by atoms with E-state index in [4.69, 9.17) is 19.3 Å². The van der Waals surface area contributed by atoms with Crippen molar-refractivity contribution in [2.45, 2.75) is 112 Å². The van der Waals surface area contributed by atoms with Gasteiger partial charge >= 0.3 is 0 Å². The molecule has 1 aromatic heterocycles. The lowest BCUT2D eigenvalue weighted by Gasteiger charge is -2.35. The lowest BCUT2D eigenvalue weighted by Crippen LogP contribution is -2.47. The first-order valence-electron chi connectivity index (χ1n) is 18.4. The average Bonchev–Trinajstić information content (AvgIpc) is 4.11. The Morgan fingerprint density at radius 1 is 1.02 bits per heavy atom. The summed E-state index contributed by atoms with van der Waals surface area (Å²) >= 11 is 1.79. The van der Waals surface area contributed by atoms with E-state index in [9.17, 15) is 20.1 Å². The van der Waals surface area contributed by atoms with Crippen LogP contribution in [0, 0.1) is 6.92 Å². The van der Waals surface area contributed by atoms with Gasteiger partial charge in [0.15, 0.2) is 0 Å². The van der Waals surface area contributed by atoms with Gasteiger partial charge in [0.2, 0.25) is 5.91 Å². The summed E-state index contributed by atoms with van der Waals surface area (Å²) in [6, 6.07) is 16.9. The third-order valence-electron chi connectivity index (χ3n) is 10.2. The molecule has 3 unspecified atom stereocenters. The molecular weight excluding hydrogens is 669 g/mol. The summed E-state index contributed by atoms with van der Waals surface area (Å²) in [6.07, 6.45) is 6.49. The van der Waals surface area contributed by atoms with Crippen LogP contribution in [0.3, 0.4) is 0 Å². The maximum absolute atomic E-state index is 13.2. The smallest absolute Gasteiger partial charge is 0.225 e. The van der Waals surface area contributed by atoms with Crippen LogP contribution in [-0.4, -0.2) is 98.8 Å². The van der Waals surface area contributed by atoms with Crippen LogP contribution in [-0.2, 0) is 26.5 Å². The number of hydrogen-bond acceptors (Lipinski definition) is 10. The number of rotatable bonds is 19. The van der Waals surface area contributed by atoms with Crippen LogP contribution >= 0.6 is 11.8 Å². The Morgan fingerprint density at radius 2 is 1.80 bits per heavy atom. The number of benzene rings is 2. The Bertz CT molecular complexity index is 1590. The van der Waals surface area contributed by atoms with Gasteiger partial charge in [-0.05, 0) is 105 Å². The molecule has 6 rings (SSSR count). The van der Waals surface area contributed by atoms with Gasteiger partial charge < -0.3 is 39.5 Å². The first kappa shape index (κ1) is 37.7. The molecule has 51 heavy (non-hydrogen) atoms. The molecule has 2 aromatic carbocycles. The molecule has 2 saturated carbocycles. The SMILES string of the molecule is Cc1ccc(SCCCCN(C(=O)CC(O)C(O)C(O)CO)C2CCOCC2)cc1COC1(c2cnccc2-c2ccccc2OC2CC2)CC1. The molecule has 10 nitrogen and oxygen atoms in total. The zero-order valence-electron chi connectivity index (χ0n) is 29.5. The lowest BCUT2D eigenvalue weighted by molar-refractivity contribution is -0.142. The molecule has 276 valence electrons.